The van der Waals surface area contributed by atoms with Crippen molar-refractivity contribution in [1.29, 1.82) is 0 Å². The number of aromatic nitrogens is 4. The molecule has 1 atom stereocenters. The van der Waals surface area contributed by atoms with Crippen LogP contribution >= 0.6 is 35.5 Å². The molecule has 3 heterocycles. The quantitative estimate of drug-likeness (QED) is 0.302. The summed E-state index contributed by atoms with van der Waals surface area (Å²) in [5, 5.41) is 8.35. The monoisotopic (exact) mass is 550 g/mol. The van der Waals surface area contributed by atoms with E-state index in [1.165, 1.54) is 11.5 Å². The van der Waals surface area contributed by atoms with Gasteiger partial charge in [-0.1, -0.05) is 12.1 Å². The first-order chi connectivity index (χ1) is 14.1. The topological polar surface area (TPSA) is 105 Å². The minimum Gasteiger partial charge on any atom is -0.371 e. The summed E-state index contributed by atoms with van der Waals surface area (Å²) < 4.78 is 15.2. The third kappa shape index (κ3) is 6.48. The highest BCUT2D eigenvalue weighted by atomic mass is 127. The Morgan fingerprint density at radius 1 is 1.23 bits per heavy atom. The van der Waals surface area contributed by atoms with E-state index in [0.29, 0.717) is 24.9 Å². The first-order valence-corrected chi connectivity index (χ1v) is 11.0. The van der Waals surface area contributed by atoms with Gasteiger partial charge in [-0.25, -0.2) is 9.98 Å². The Morgan fingerprint density at radius 2 is 2.00 bits per heavy atom. The van der Waals surface area contributed by atoms with Gasteiger partial charge in [0.25, 0.3) is 0 Å². The van der Waals surface area contributed by atoms with Gasteiger partial charge in [0.2, 0.25) is 11.0 Å². The van der Waals surface area contributed by atoms with E-state index in [2.05, 4.69) is 48.5 Å². The zero-order chi connectivity index (χ0) is 20.6. The fourth-order valence-electron chi connectivity index (χ4n) is 3.02. The molecule has 2 aromatic heterocycles. The maximum Gasteiger partial charge on any atom is 0.248 e. The SMILES string of the molecule is CCNC(=NCc1nc(C(C)OCC)no1)N1CCN(c2nc(CC)ns2)CC1.I. The van der Waals surface area contributed by atoms with Crippen LogP contribution in [0.25, 0.3) is 0 Å². The van der Waals surface area contributed by atoms with Crippen molar-refractivity contribution in [3.63, 3.8) is 0 Å². The van der Waals surface area contributed by atoms with E-state index in [9.17, 15) is 0 Å². The lowest BCUT2D eigenvalue weighted by atomic mass is 10.3. The van der Waals surface area contributed by atoms with E-state index in [0.717, 1.165) is 56.1 Å². The van der Waals surface area contributed by atoms with Gasteiger partial charge in [0.1, 0.15) is 18.5 Å². The summed E-state index contributed by atoms with van der Waals surface area (Å²) in [5.41, 5.74) is 0. The molecule has 3 rings (SSSR count). The lowest BCUT2D eigenvalue weighted by Gasteiger charge is -2.36. The number of nitrogens with one attached hydrogen (secondary N) is 1. The number of hydrogen-bond acceptors (Lipinski definition) is 9. The molecule has 30 heavy (non-hydrogen) atoms. The Kier molecular flexibility index (Phi) is 10.2. The van der Waals surface area contributed by atoms with Crippen LogP contribution in [0.3, 0.4) is 0 Å². The van der Waals surface area contributed by atoms with Crippen molar-refractivity contribution in [3.8, 4) is 0 Å². The molecule has 12 heteroatoms. The van der Waals surface area contributed by atoms with Crippen molar-refractivity contribution in [2.24, 2.45) is 4.99 Å². The van der Waals surface area contributed by atoms with Crippen molar-refractivity contribution in [2.45, 2.75) is 46.8 Å². The van der Waals surface area contributed by atoms with Crippen LogP contribution in [0.5, 0.6) is 0 Å². The average molecular weight is 550 g/mol. The standard InChI is InChI=1S/C18H30N8O2S.HI/c1-5-14-21-18(29-24-14)26-10-8-25(9-11-26)17(19-6-2)20-12-15-22-16(23-28-15)13(4)27-7-3;/h13H,5-12H2,1-4H3,(H,19,20);1H. The van der Waals surface area contributed by atoms with Crippen LogP contribution in [0.1, 0.15) is 51.3 Å². The largest absolute Gasteiger partial charge is 0.371 e. The molecule has 1 aliphatic rings. The Morgan fingerprint density at radius 3 is 2.63 bits per heavy atom. The Bertz CT molecular complexity index is 791. The van der Waals surface area contributed by atoms with E-state index < -0.39 is 0 Å². The molecule has 0 aliphatic carbocycles. The Labute approximate surface area is 198 Å². The number of ether oxygens (including phenoxy) is 1. The second kappa shape index (κ2) is 12.3. The first-order valence-electron chi connectivity index (χ1n) is 10.2. The second-order valence-electron chi connectivity index (χ2n) is 6.63. The number of piperazine rings is 1. The number of rotatable bonds is 8. The highest BCUT2D eigenvalue weighted by molar-refractivity contribution is 14.0. The molecule has 1 saturated heterocycles. The normalized spacial score (nSPS) is 15.8. The smallest absolute Gasteiger partial charge is 0.248 e. The van der Waals surface area contributed by atoms with Crippen molar-refractivity contribution in [1.82, 2.24) is 29.7 Å². The van der Waals surface area contributed by atoms with Crippen molar-refractivity contribution >= 4 is 46.6 Å². The van der Waals surface area contributed by atoms with Gasteiger partial charge < -0.3 is 24.4 Å². The molecule has 0 amide bonds. The maximum atomic E-state index is 5.50. The van der Waals surface area contributed by atoms with Gasteiger partial charge in [0.05, 0.1) is 0 Å². The lowest BCUT2D eigenvalue weighted by molar-refractivity contribution is 0.0683. The summed E-state index contributed by atoms with van der Waals surface area (Å²) in [4.78, 5) is 18.2. The number of aliphatic imine (C=N–C) groups is 1. The lowest BCUT2D eigenvalue weighted by Crippen LogP contribution is -2.52. The summed E-state index contributed by atoms with van der Waals surface area (Å²) in [6.07, 6.45) is 0.686. The second-order valence-corrected chi connectivity index (χ2v) is 7.37. The van der Waals surface area contributed by atoms with Crippen LogP contribution < -0.4 is 10.2 Å². The number of nitrogens with zero attached hydrogens (tertiary/aromatic N) is 7. The number of guanidine groups is 1. The van der Waals surface area contributed by atoms with Crippen molar-refractivity contribution in [2.75, 3.05) is 44.2 Å². The molecule has 10 nitrogen and oxygen atoms in total. The van der Waals surface area contributed by atoms with Crippen LogP contribution in [0.2, 0.25) is 0 Å². The third-order valence-corrected chi connectivity index (χ3v) is 5.40. The summed E-state index contributed by atoms with van der Waals surface area (Å²) in [6.45, 7) is 13.2. The van der Waals surface area contributed by atoms with Gasteiger partial charge in [0, 0.05) is 57.3 Å². The van der Waals surface area contributed by atoms with Gasteiger partial charge in [-0.3, -0.25) is 0 Å². The zero-order valence-corrected chi connectivity index (χ0v) is 21.1. The van der Waals surface area contributed by atoms with Crippen LogP contribution in [-0.4, -0.2) is 69.7 Å². The molecule has 168 valence electrons. The van der Waals surface area contributed by atoms with Gasteiger partial charge in [0.15, 0.2) is 11.8 Å². The predicted octanol–water partition coefficient (Wildman–Crippen LogP) is 2.49. The molecule has 0 aromatic carbocycles. The third-order valence-electron chi connectivity index (χ3n) is 4.59. The zero-order valence-electron chi connectivity index (χ0n) is 18.0. The van der Waals surface area contributed by atoms with Crippen molar-refractivity contribution < 1.29 is 9.26 Å². The summed E-state index contributed by atoms with van der Waals surface area (Å²) >= 11 is 1.48. The predicted molar refractivity (Wildman–Crippen MR) is 128 cm³/mol. The van der Waals surface area contributed by atoms with Crippen molar-refractivity contribution in [3.05, 3.63) is 17.5 Å². The number of halogens is 1. The average Bonchev–Trinajstić information content (AvgIpc) is 3.41. The fourth-order valence-corrected chi connectivity index (χ4v) is 3.82. The number of anilines is 1. The number of aryl methyl sites for hydroxylation is 1. The highest BCUT2D eigenvalue weighted by Crippen LogP contribution is 2.19. The minimum atomic E-state index is -0.184. The summed E-state index contributed by atoms with van der Waals surface area (Å²) in [5.74, 6) is 2.82. The maximum absolute atomic E-state index is 5.50. The Hall–Kier alpha value is -1.54. The van der Waals surface area contributed by atoms with Gasteiger partial charge in [-0.15, -0.1) is 24.0 Å². The van der Waals surface area contributed by atoms with E-state index in [1.807, 2.05) is 13.8 Å². The molecule has 1 N–H and O–H groups in total. The molecular formula is C18H31IN8O2S. The molecular weight excluding hydrogens is 519 g/mol. The Balaban J connectivity index is 0.00000320. The van der Waals surface area contributed by atoms with Crippen LogP contribution in [0.15, 0.2) is 9.52 Å². The summed E-state index contributed by atoms with van der Waals surface area (Å²) in [7, 11) is 0. The first kappa shape index (κ1) is 24.7. The highest BCUT2D eigenvalue weighted by Gasteiger charge is 2.22. The molecule has 0 radical (unpaired) electrons. The molecule has 0 bridgehead atoms. The van der Waals surface area contributed by atoms with Gasteiger partial charge >= 0.3 is 0 Å². The van der Waals surface area contributed by atoms with Gasteiger partial charge in [-0.05, 0) is 20.8 Å². The molecule has 0 saturated carbocycles. The van der Waals surface area contributed by atoms with E-state index >= 15 is 0 Å². The molecule has 0 spiro atoms. The van der Waals surface area contributed by atoms with E-state index in [4.69, 9.17) is 14.3 Å². The summed E-state index contributed by atoms with van der Waals surface area (Å²) in [6, 6.07) is 0. The fraction of sp³-hybridized carbons (Fsp3) is 0.722. The molecule has 2 aromatic rings. The minimum absolute atomic E-state index is 0. The molecule has 1 fully saturated rings. The number of hydrogen-bond donors (Lipinski definition) is 1. The van der Waals surface area contributed by atoms with Crippen LogP contribution in [0.4, 0.5) is 5.13 Å². The van der Waals surface area contributed by atoms with E-state index in [-0.39, 0.29) is 30.1 Å². The van der Waals surface area contributed by atoms with Crippen LogP contribution in [-0.2, 0) is 17.7 Å². The van der Waals surface area contributed by atoms with Crippen LogP contribution in [0, 0.1) is 0 Å². The van der Waals surface area contributed by atoms with E-state index in [1.54, 1.807) is 0 Å². The molecule has 1 unspecified atom stereocenters. The molecule has 1 aliphatic heterocycles. The van der Waals surface area contributed by atoms with Gasteiger partial charge in [-0.2, -0.15) is 9.36 Å².